The van der Waals surface area contributed by atoms with Crippen LogP contribution in [0.1, 0.15) is 51.9 Å². The van der Waals surface area contributed by atoms with Crippen LogP contribution in [0.4, 0.5) is 4.79 Å². The molecule has 2 aliphatic heterocycles. The van der Waals surface area contributed by atoms with E-state index < -0.39 is 0 Å². The Kier molecular flexibility index (Phi) is 8.37. The van der Waals surface area contributed by atoms with E-state index in [1.807, 2.05) is 11.8 Å². The lowest BCUT2D eigenvalue weighted by Gasteiger charge is -2.16. The maximum Gasteiger partial charge on any atom is 0.315 e. The Morgan fingerprint density at radius 3 is 2.60 bits per heavy atom. The molecule has 0 spiro atoms. The molecule has 3 atom stereocenters. The van der Waals surface area contributed by atoms with E-state index in [9.17, 15) is 14.4 Å². The van der Waals surface area contributed by atoms with Gasteiger partial charge in [-0.25, -0.2) is 4.79 Å². The molecular weight excluding hydrogens is 340 g/mol. The second-order valence-electron chi connectivity index (χ2n) is 6.76. The molecule has 2 saturated heterocycles. The molecule has 8 heteroatoms. The summed E-state index contributed by atoms with van der Waals surface area (Å²) >= 11 is 1.92. The average Bonchev–Trinajstić information content (AvgIpc) is 3.10. The number of carbonyl (C=O) groups excluding carboxylic acids is 3. The minimum atomic E-state index is -0.0447. The lowest BCUT2D eigenvalue weighted by atomic mass is 10.0. The second kappa shape index (κ2) is 10.5. The molecule has 0 saturated carbocycles. The SMILES string of the molecule is CC(=O)NCCCCCNC(=O)CCCCC1SCC2NC(=O)NC21. The van der Waals surface area contributed by atoms with Crippen LogP contribution in [0.5, 0.6) is 0 Å². The van der Waals surface area contributed by atoms with E-state index in [0.717, 1.165) is 44.3 Å². The molecule has 4 N–H and O–H groups in total. The number of fused-ring (bicyclic) bond motifs is 1. The van der Waals surface area contributed by atoms with Crippen molar-refractivity contribution in [3.05, 3.63) is 0 Å². The molecular formula is C17H30N4O3S. The lowest BCUT2D eigenvalue weighted by Crippen LogP contribution is -2.36. The zero-order chi connectivity index (χ0) is 18.1. The van der Waals surface area contributed by atoms with E-state index in [1.165, 1.54) is 6.92 Å². The van der Waals surface area contributed by atoms with Gasteiger partial charge in [0.05, 0.1) is 12.1 Å². The fraction of sp³-hybridized carbons (Fsp3) is 0.824. The first-order valence-electron chi connectivity index (χ1n) is 9.26. The Labute approximate surface area is 153 Å². The van der Waals surface area contributed by atoms with Crippen molar-refractivity contribution >= 4 is 29.6 Å². The van der Waals surface area contributed by atoms with Gasteiger partial charge in [-0.15, -0.1) is 0 Å². The monoisotopic (exact) mass is 370 g/mol. The predicted octanol–water partition coefficient (Wildman–Crippen LogP) is 1.13. The lowest BCUT2D eigenvalue weighted by molar-refractivity contribution is -0.121. The highest BCUT2D eigenvalue weighted by atomic mass is 32.2. The Morgan fingerprint density at radius 2 is 1.84 bits per heavy atom. The van der Waals surface area contributed by atoms with Gasteiger partial charge in [-0.05, 0) is 32.1 Å². The number of urea groups is 1. The second-order valence-corrected chi connectivity index (χ2v) is 8.03. The normalized spacial score (nSPS) is 24.4. The van der Waals surface area contributed by atoms with Crippen molar-refractivity contribution in [1.29, 1.82) is 0 Å². The van der Waals surface area contributed by atoms with Gasteiger partial charge in [-0.1, -0.05) is 6.42 Å². The molecule has 142 valence electrons. The molecule has 3 unspecified atom stereocenters. The first-order chi connectivity index (χ1) is 12.1. The fourth-order valence-electron chi connectivity index (χ4n) is 3.28. The highest BCUT2D eigenvalue weighted by Gasteiger charge is 2.42. The fourth-order valence-corrected chi connectivity index (χ4v) is 4.83. The van der Waals surface area contributed by atoms with Crippen molar-refractivity contribution in [3.8, 4) is 0 Å². The number of rotatable bonds is 11. The van der Waals surface area contributed by atoms with Crippen LogP contribution >= 0.6 is 11.8 Å². The maximum absolute atomic E-state index is 11.8. The molecule has 0 aliphatic carbocycles. The topological polar surface area (TPSA) is 99.3 Å². The summed E-state index contributed by atoms with van der Waals surface area (Å²) in [5.74, 6) is 1.11. The standard InChI is InChI=1S/C17H30N4O3S/c1-12(22)18-9-5-2-6-10-19-15(23)8-4-3-7-14-16-13(11-25-14)20-17(24)21-16/h13-14,16H,2-11H2,1H3,(H,18,22)(H,19,23)(H2,20,21,24). The summed E-state index contributed by atoms with van der Waals surface area (Å²) in [5.41, 5.74) is 0. The molecule has 2 aliphatic rings. The smallest absolute Gasteiger partial charge is 0.315 e. The predicted molar refractivity (Wildman–Crippen MR) is 99.5 cm³/mol. The van der Waals surface area contributed by atoms with Gasteiger partial charge in [-0.2, -0.15) is 11.8 Å². The Morgan fingerprint density at radius 1 is 1.08 bits per heavy atom. The van der Waals surface area contributed by atoms with Crippen LogP contribution in [-0.4, -0.2) is 54.0 Å². The Hall–Kier alpha value is -1.44. The number of amides is 4. The Balaban J connectivity index is 1.42. The molecule has 2 rings (SSSR count). The number of unbranched alkanes of at least 4 members (excludes halogenated alkanes) is 3. The molecule has 0 radical (unpaired) electrons. The van der Waals surface area contributed by atoms with Crippen molar-refractivity contribution in [2.45, 2.75) is 69.2 Å². The third kappa shape index (κ3) is 7.13. The van der Waals surface area contributed by atoms with Gasteiger partial charge in [0.15, 0.2) is 0 Å². The van der Waals surface area contributed by atoms with E-state index in [2.05, 4.69) is 21.3 Å². The average molecular weight is 371 g/mol. The number of carbonyl (C=O) groups is 3. The summed E-state index contributed by atoms with van der Waals surface area (Å²) in [7, 11) is 0. The van der Waals surface area contributed by atoms with Crippen LogP contribution in [0.15, 0.2) is 0 Å². The molecule has 0 aromatic heterocycles. The summed E-state index contributed by atoms with van der Waals surface area (Å²) < 4.78 is 0. The molecule has 7 nitrogen and oxygen atoms in total. The van der Waals surface area contributed by atoms with Gasteiger partial charge in [0.1, 0.15) is 0 Å². The molecule has 0 bridgehead atoms. The highest BCUT2D eigenvalue weighted by molar-refractivity contribution is 8.00. The zero-order valence-corrected chi connectivity index (χ0v) is 15.8. The van der Waals surface area contributed by atoms with Crippen LogP contribution in [0.3, 0.4) is 0 Å². The zero-order valence-electron chi connectivity index (χ0n) is 14.9. The van der Waals surface area contributed by atoms with E-state index >= 15 is 0 Å². The minimum Gasteiger partial charge on any atom is -0.356 e. The number of nitrogens with one attached hydrogen (secondary N) is 4. The third-order valence-electron chi connectivity index (χ3n) is 4.63. The molecule has 0 aromatic carbocycles. The van der Waals surface area contributed by atoms with Crippen LogP contribution in [-0.2, 0) is 9.59 Å². The van der Waals surface area contributed by atoms with Gasteiger partial charge in [-0.3, -0.25) is 9.59 Å². The van der Waals surface area contributed by atoms with Crippen molar-refractivity contribution in [2.24, 2.45) is 0 Å². The summed E-state index contributed by atoms with van der Waals surface area (Å²) in [6.07, 6.45) is 6.42. The van der Waals surface area contributed by atoms with E-state index in [1.54, 1.807) is 0 Å². The summed E-state index contributed by atoms with van der Waals surface area (Å²) in [4.78, 5) is 33.8. The van der Waals surface area contributed by atoms with Crippen LogP contribution in [0.25, 0.3) is 0 Å². The van der Waals surface area contributed by atoms with Crippen molar-refractivity contribution in [3.63, 3.8) is 0 Å². The van der Waals surface area contributed by atoms with Gasteiger partial charge in [0, 0.05) is 37.4 Å². The summed E-state index contributed by atoms with van der Waals surface area (Å²) in [6.45, 7) is 2.93. The Bertz CT molecular complexity index is 475. The van der Waals surface area contributed by atoms with Gasteiger partial charge < -0.3 is 21.3 Å². The van der Waals surface area contributed by atoms with Gasteiger partial charge in [0.25, 0.3) is 0 Å². The molecule has 2 fully saturated rings. The van der Waals surface area contributed by atoms with E-state index in [0.29, 0.717) is 24.8 Å². The highest BCUT2D eigenvalue weighted by Crippen LogP contribution is 2.33. The van der Waals surface area contributed by atoms with Crippen molar-refractivity contribution in [1.82, 2.24) is 21.3 Å². The van der Waals surface area contributed by atoms with Crippen molar-refractivity contribution in [2.75, 3.05) is 18.8 Å². The number of hydrogen-bond donors (Lipinski definition) is 4. The minimum absolute atomic E-state index is 0.00593. The maximum atomic E-state index is 11.8. The third-order valence-corrected chi connectivity index (χ3v) is 6.14. The van der Waals surface area contributed by atoms with E-state index in [4.69, 9.17) is 0 Å². The molecule has 25 heavy (non-hydrogen) atoms. The van der Waals surface area contributed by atoms with Crippen LogP contribution in [0, 0.1) is 0 Å². The first-order valence-corrected chi connectivity index (χ1v) is 10.3. The molecule has 0 aromatic rings. The van der Waals surface area contributed by atoms with Crippen LogP contribution in [0.2, 0.25) is 0 Å². The van der Waals surface area contributed by atoms with E-state index in [-0.39, 0.29) is 29.9 Å². The van der Waals surface area contributed by atoms with Crippen LogP contribution < -0.4 is 21.3 Å². The summed E-state index contributed by atoms with van der Waals surface area (Å²) in [6, 6.07) is 0.483. The first kappa shape index (κ1) is 19.9. The quantitative estimate of drug-likeness (QED) is 0.324. The molecule has 4 amide bonds. The van der Waals surface area contributed by atoms with Gasteiger partial charge in [0.2, 0.25) is 11.8 Å². The number of thioether (sulfide) groups is 1. The largest absolute Gasteiger partial charge is 0.356 e. The van der Waals surface area contributed by atoms with Gasteiger partial charge >= 0.3 is 6.03 Å². The number of hydrogen-bond acceptors (Lipinski definition) is 4. The summed E-state index contributed by atoms with van der Waals surface area (Å²) in [5, 5.41) is 12.1. The molecule has 2 heterocycles. The van der Waals surface area contributed by atoms with Crippen molar-refractivity contribution < 1.29 is 14.4 Å².